The van der Waals surface area contributed by atoms with E-state index in [-0.39, 0.29) is 48.8 Å². The molecular formula is C32H45N5O5S. The number of aromatic nitrogens is 1. The number of hydroxylamine groups is 2. The molecule has 0 unspecified atom stereocenters. The standard InChI is InChI=1S/C32H45N5O5S/c1-21(2)17-25-31(40)35(23-13-15-34(19-23)14-7-8-16-38)20-29-36(25)32(41)26(18-22(3)4)42-37(29)30(39)12-11-28-33-24-9-5-6-10-27(24)43-28/h5-6,9-12,21-23,25-26,29,38H,7-8,13-20H2,1-4H3/b12-11+/t23-,25-,26+,29-/m0/s1. The molecule has 1 N–H and O–H groups in total. The van der Waals surface area contributed by atoms with Gasteiger partial charge in [0, 0.05) is 31.8 Å². The molecule has 3 fully saturated rings. The van der Waals surface area contributed by atoms with Gasteiger partial charge in [-0.2, -0.15) is 5.06 Å². The maximum atomic E-state index is 14.1. The van der Waals surface area contributed by atoms with Crippen molar-refractivity contribution in [2.45, 2.75) is 84.2 Å². The highest BCUT2D eigenvalue weighted by Crippen LogP contribution is 2.34. The predicted octanol–water partition coefficient (Wildman–Crippen LogP) is 3.76. The monoisotopic (exact) mass is 611 g/mol. The summed E-state index contributed by atoms with van der Waals surface area (Å²) in [5.41, 5.74) is 0.877. The number of rotatable bonds is 11. The van der Waals surface area contributed by atoms with Gasteiger partial charge in [-0.05, 0) is 68.7 Å². The number of aliphatic hydroxyl groups excluding tert-OH is 1. The van der Waals surface area contributed by atoms with E-state index in [1.165, 1.54) is 22.5 Å². The Balaban J connectivity index is 1.43. The van der Waals surface area contributed by atoms with Crippen molar-refractivity contribution in [3.05, 3.63) is 35.3 Å². The van der Waals surface area contributed by atoms with E-state index in [2.05, 4.69) is 23.7 Å². The molecule has 10 nitrogen and oxygen atoms in total. The summed E-state index contributed by atoms with van der Waals surface area (Å²) in [5, 5.41) is 11.2. The molecule has 234 valence electrons. The smallest absolute Gasteiger partial charge is 0.272 e. The normalized spacial score (nSPS) is 25.2. The summed E-state index contributed by atoms with van der Waals surface area (Å²) in [6.07, 6.45) is 5.09. The number of thiazole rings is 1. The molecular weight excluding hydrogens is 566 g/mol. The van der Waals surface area contributed by atoms with Crippen LogP contribution in [0.2, 0.25) is 0 Å². The second-order valence-electron chi connectivity index (χ2n) is 12.8. The van der Waals surface area contributed by atoms with Crippen molar-refractivity contribution >= 4 is 45.4 Å². The fourth-order valence-electron chi connectivity index (χ4n) is 6.43. The Bertz CT molecular complexity index is 1300. The van der Waals surface area contributed by atoms with Crippen molar-refractivity contribution < 1.29 is 24.3 Å². The second kappa shape index (κ2) is 13.8. The Morgan fingerprint density at radius 1 is 1.09 bits per heavy atom. The van der Waals surface area contributed by atoms with Crippen LogP contribution in [0.1, 0.15) is 64.8 Å². The number of nitrogens with zero attached hydrogens (tertiary/aromatic N) is 5. The first-order valence-electron chi connectivity index (χ1n) is 15.7. The third-order valence-corrected chi connectivity index (χ3v) is 9.48. The van der Waals surface area contributed by atoms with Gasteiger partial charge in [0.2, 0.25) is 5.91 Å². The van der Waals surface area contributed by atoms with E-state index in [1.807, 2.05) is 43.0 Å². The van der Waals surface area contributed by atoms with E-state index >= 15 is 0 Å². The molecule has 0 aliphatic carbocycles. The highest BCUT2D eigenvalue weighted by atomic mass is 32.1. The number of para-hydroxylation sites is 1. The van der Waals surface area contributed by atoms with Crippen molar-refractivity contribution in [2.24, 2.45) is 11.8 Å². The minimum atomic E-state index is -0.835. The quantitative estimate of drug-likeness (QED) is 0.305. The summed E-state index contributed by atoms with van der Waals surface area (Å²) < 4.78 is 1.04. The molecule has 3 saturated heterocycles. The topological polar surface area (TPSA) is 107 Å². The molecule has 4 atom stereocenters. The fraction of sp³-hybridized carbons (Fsp3) is 0.625. The third-order valence-electron chi connectivity index (χ3n) is 8.47. The lowest BCUT2D eigenvalue weighted by Crippen LogP contribution is -2.74. The zero-order valence-electron chi connectivity index (χ0n) is 25.7. The van der Waals surface area contributed by atoms with Crippen LogP contribution in [0.5, 0.6) is 0 Å². The molecule has 3 amide bonds. The average Bonchev–Trinajstić information content (AvgIpc) is 3.61. The number of fused-ring (bicyclic) bond motifs is 2. The van der Waals surface area contributed by atoms with Gasteiger partial charge >= 0.3 is 0 Å². The number of benzene rings is 1. The van der Waals surface area contributed by atoms with Gasteiger partial charge < -0.3 is 19.8 Å². The molecule has 0 spiro atoms. The number of piperazine rings is 1. The van der Waals surface area contributed by atoms with E-state index in [1.54, 1.807) is 11.0 Å². The van der Waals surface area contributed by atoms with Gasteiger partial charge in [0.1, 0.15) is 11.0 Å². The van der Waals surface area contributed by atoms with E-state index < -0.39 is 18.3 Å². The van der Waals surface area contributed by atoms with E-state index in [0.29, 0.717) is 17.8 Å². The lowest BCUT2D eigenvalue weighted by atomic mass is 9.94. The Hall–Kier alpha value is -2.86. The van der Waals surface area contributed by atoms with Crippen molar-refractivity contribution in [1.29, 1.82) is 0 Å². The largest absolute Gasteiger partial charge is 0.396 e. The van der Waals surface area contributed by atoms with Crippen LogP contribution in [0, 0.1) is 11.8 Å². The first-order chi connectivity index (χ1) is 20.7. The van der Waals surface area contributed by atoms with Crippen LogP contribution in [0.25, 0.3) is 16.3 Å². The van der Waals surface area contributed by atoms with Crippen molar-refractivity contribution in [1.82, 2.24) is 24.7 Å². The van der Waals surface area contributed by atoms with Crippen LogP contribution >= 0.6 is 11.3 Å². The number of carbonyl (C=O) groups is 3. The van der Waals surface area contributed by atoms with Gasteiger partial charge in [-0.1, -0.05) is 39.8 Å². The van der Waals surface area contributed by atoms with Crippen molar-refractivity contribution in [3.8, 4) is 0 Å². The molecule has 3 aliphatic heterocycles. The van der Waals surface area contributed by atoms with Crippen LogP contribution in [0.3, 0.4) is 0 Å². The van der Waals surface area contributed by atoms with Crippen LogP contribution in [-0.4, -0.2) is 105 Å². The summed E-state index contributed by atoms with van der Waals surface area (Å²) >= 11 is 1.50. The van der Waals surface area contributed by atoms with E-state index in [4.69, 9.17) is 4.84 Å². The summed E-state index contributed by atoms with van der Waals surface area (Å²) in [6.45, 7) is 11.0. The SMILES string of the molecule is CC(C)C[C@H]1ON(C(=O)/C=C/c2nc3ccccc3s2)[C@H]2CN([C@H]3CCN(CCCCO)C3)C(=O)[C@H](CC(C)C)N2C1=O. The van der Waals surface area contributed by atoms with Crippen molar-refractivity contribution in [2.75, 3.05) is 32.8 Å². The van der Waals surface area contributed by atoms with Crippen LogP contribution in [0.4, 0.5) is 0 Å². The number of carbonyl (C=O) groups excluding carboxylic acids is 3. The molecule has 0 saturated carbocycles. The molecule has 5 rings (SSSR count). The van der Waals surface area contributed by atoms with Gasteiger partial charge in [-0.3, -0.25) is 19.2 Å². The first-order valence-corrected chi connectivity index (χ1v) is 16.5. The zero-order valence-corrected chi connectivity index (χ0v) is 26.5. The predicted molar refractivity (Wildman–Crippen MR) is 167 cm³/mol. The van der Waals surface area contributed by atoms with Gasteiger partial charge in [0.15, 0.2) is 12.3 Å². The molecule has 0 radical (unpaired) electrons. The molecule has 0 bridgehead atoms. The number of likely N-dealkylation sites (tertiary alicyclic amines) is 1. The van der Waals surface area contributed by atoms with Gasteiger partial charge in [0.05, 0.1) is 16.8 Å². The highest BCUT2D eigenvalue weighted by Gasteiger charge is 2.54. The molecule has 43 heavy (non-hydrogen) atoms. The van der Waals surface area contributed by atoms with E-state index in [9.17, 15) is 19.5 Å². The van der Waals surface area contributed by atoms with Crippen molar-refractivity contribution in [3.63, 3.8) is 0 Å². The number of unbranched alkanes of at least 4 members (excludes halogenated alkanes) is 1. The maximum absolute atomic E-state index is 14.1. The molecule has 3 aliphatic rings. The van der Waals surface area contributed by atoms with Gasteiger partial charge in [-0.15, -0.1) is 11.3 Å². The second-order valence-corrected chi connectivity index (χ2v) is 13.8. The molecule has 11 heteroatoms. The minimum Gasteiger partial charge on any atom is -0.396 e. The summed E-state index contributed by atoms with van der Waals surface area (Å²) in [7, 11) is 0. The van der Waals surface area contributed by atoms with Crippen LogP contribution < -0.4 is 0 Å². The zero-order chi connectivity index (χ0) is 30.7. The third kappa shape index (κ3) is 7.11. The number of hydrogen-bond donors (Lipinski definition) is 1. The minimum absolute atomic E-state index is 0.00262. The summed E-state index contributed by atoms with van der Waals surface area (Å²) in [5.74, 6) is -0.283. The highest BCUT2D eigenvalue weighted by molar-refractivity contribution is 7.19. The lowest BCUT2D eigenvalue weighted by molar-refractivity contribution is -0.275. The Kier molecular flexibility index (Phi) is 10.2. The number of hydrogen-bond acceptors (Lipinski definition) is 8. The maximum Gasteiger partial charge on any atom is 0.272 e. The van der Waals surface area contributed by atoms with Crippen LogP contribution in [0.15, 0.2) is 30.3 Å². The van der Waals surface area contributed by atoms with Gasteiger partial charge in [0.25, 0.3) is 11.8 Å². The molecule has 2 aromatic rings. The van der Waals surface area contributed by atoms with E-state index in [0.717, 1.165) is 49.1 Å². The summed E-state index contributed by atoms with van der Waals surface area (Å²) in [4.78, 5) is 58.6. The Labute approximate surface area is 258 Å². The molecule has 1 aromatic carbocycles. The fourth-order valence-corrected chi connectivity index (χ4v) is 7.30. The Morgan fingerprint density at radius 2 is 1.86 bits per heavy atom. The molecule has 4 heterocycles. The Morgan fingerprint density at radius 3 is 2.58 bits per heavy atom. The summed E-state index contributed by atoms with van der Waals surface area (Å²) in [6, 6.07) is 7.18. The van der Waals surface area contributed by atoms with Gasteiger partial charge in [-0.25, -0.2) is 4.98 Å². The first kappa shape index (κ1) is 31.6. The number of amides is 3. The lowest BCUT2D eigenvalue weighted by Gasteiger charge is -2.54. The average molecular weight is 612 g/mol. The van der Waals surface area contributed by atoms with Crippen LogP contribution in [-0.2, 0) is 19.2 Å². The number of aliphatic hydroxyl groups is 1. The molecule has 1 aromatic heterocycles.